The average molecular weight is 309 g/mol. The van der Waals surface area contributed by atoms with Crippen LogP contribution in [0.15, 0.2) is 23.1 Å². The lowest BCUT2D eigenvalue weighted by Gasteiger charge is -2.20. The lowest BCUT2D eigenvalue weighted by molar-refractivity contribution is -0.120. The molecule has 1 aromatic rings. The van der Waals surface area contributed by atoms with Gasteiger partial charge < -0.3 is 10.6 Å². The van der Waals surface area contributed by atoms with Crippen LogP contribution in [0.3, 0.4) is 0 Å². The third-order valence-electron chi connectivity index (χ3n) is 3.71. The van der Waals surface area contributed by atoms with Crippen LogP contribution in [0.2, 0.25) is 0 Å². The van der Waals surface area contributed by atoms with Crippen molar-refractivity contribution in [2.24, 2.45) is 0 Å². The van der Waals surface area contributed by atoms with Crippen molar-refractivity contribution in [2.45, 2.75) is 36.6 Å². The third-order valence-corrected chi connectivity index (χ3v) is 5.19. The van der Waals surface area contributed by atoms with Gasteiger partial charge in [-0.2, -0.15) is 0 Å². The minimum absolute atomic E-state index is 0.212. The van der Waals surface area contributed by atoms with E-state index in [-0.39, 0.29) is 23.4 Å². The second-order valence-corrected chi connectivity index (χ2v) is 7.21. The molecule has 7 heteroatoms. The largest absolute Gasteiger partial charge is 0.385 e. The summed E-state index contributed by atoms with van der Waals surface area (Å²) < 4.78 is 27.2. The highest BCUT2D eigenvalue weighted by Gasteiger charge is 2.25. The quantitative estimate of drug-likeness (QED) is 0.743. The number of anilines is 1. The number of carbonyl (C=O) groups excluding carboxylic acids is 1. The molecule has 0 radical (unpaired) electrons. The zero-order chi connectivity index (χ0) is 14.9. The molecule has 1 aliphatic carbocycles. The summed E-state index contributed by atoms with van der Waals surface area (Å²) >= 11 is 0. The van der Waals surface area contributed by atoms with Crippen molar-refractivity contribution >= 4 is 21.6 Å². The fourth-order valence-corrected chi connectivity index (χ4v) is 3.74. The van der Waals surface area contributed by atoms with Crippen molar-refractivity contribution in [3.05, 3.63) is 23.8 Å². The molecule has 21 heavy (non-hydrogen) atoms. The predicted octanol–water partition coefficient (Wildman–Crippen LogP) is 0.602. The van der Waals surface area contributed by atoms with E-state index in [0.717, 1.165) is 43.5 Å². The van der Waals surface area contributed by atoms with Crippen LogP contribution in [0.5, 0.6) is 0 Å². The van der Waals surface area contributed by atoms with Gasteiger partial charge in [-0.3, -0.25) is 4.79 Å². The van der Waals surface area contributed by atoms with Crippen LogP contribution in [-0.4, -0.2) is 33.5 Å². The van der Waals surface area contributed by atoms with E-state index in [2.05, 4.69) is 15.4 Å². The van der Waals surface area contributed by atoms with E-state index in [1.807, 2.05) is 6.07 Å². The minimum Gasteiger partial charge on any atom is -0.385 e. The number of sulfonamides is 1. The smallest absolute Gasteiger partial charge is 0.241 e. The number of carbonyl (C=O) groups is 1. The first-order valence-corrected chi connectivity index (χ1v) is 8.69. The number of nitrogens with one attached hydrogen (secondary N) is 3. The van der Waals surface area contributed by atoms with Crippen LogP contribution in [0.25, 0.3) is 0 Å². The lowest BCUT2D eigenvalue weighted by Crippen LogP contribution is -2.38. The maximum absolute atomic E-state index is 12.4. The monoisotopic (exact) mass is 309 g/mol. The van der Waals surface area contributed by atoms with Crippen molar-refractivity contribution in [1.82, 2.24) is 10.0 Å². The van der Waals surface area contributed by atoms with E-state index < -0.39 is 10.0 Å². The first-order chi connectivity index (χ1) is 10.1. The van der Waals surface area contributed by atoms with Crippen molar-refractivity contribution < 1.29 is 13.2 Å². The molecule has 3 N–H and O–H groups in total. The fourth-order valence-electron chi connectivity index (χ4n) is 2.47. The number of benzene rings is 1. The molecule has 0 atom stereocenters. The molecular weight excluding hydrogens is 290 g/mol. The Kier molecular flexibility index (Phi) is 3.86. The highest BCUT2D eigenvalue weighted by atomic mass is 32.2. The Balaban J connectivity index is 1.73. The molecule has 1 fully saturated rings. The van der Waals surface area contributed by atoms with Gasteiger partial charge in [0, 0.05) is 18.3 Å². The fraction of sp³-hybridized carbons (Fsp3) is 0.500. The Morgan fingerprint density at radius 1 is 1.33 bits per heavy atom. The van der Waals surface area contributed by atoms with E-state index >= 15 is 0 Å². The Morgan fingerprint density at radius 3 is 2.90 bits per heavy atom. The van der Waals surface area contributed by atoms with E-state index in [0.29, 0.717) is 0 Å². The van der Waals surface area contributed by atoms with Crippen LogP contribution in [0.1, 0.15) is 24.8 Å². The molecule has 3 rings (SSSR count). The van der Waals surface area contributed by atoms with E-state index in [1.54, 1.807) is 12.1 Å². The van der Waals surface area contributed by atoms with Crippen LogP contribution >= 0.6 is 0 Å². The molecule has 1 saturated carbocycles. The summed E-state index contributed by atoms with van der Waals surface area (Å²) in [6, 6.07) is 5.42. The molecule has 0 saturated heterocycles. The maximum atomic E-state index is 12.4. The second-order valence-electron chi connectivity index (χ2n) is 5.48. The van der Waals surface area contributed by atoms with Gasteiger partial charge in [0.2, 0.25) is 15.9 Å². The predicted molar refractivity (Wildman–Crippen MR) is 79.6 cm³/mol. The minimum atomic E-state index is -3.66. The number of fused-ring (bicyclic) bond motifs is 1. The van der Waals surface area contributed by atoms with Gasteiger partial charge in [0.25, 0.3) is 0 Å². The first kappa shape index (κ1) is 14.3. The van der Waals surface area contributed by atoms with Gasteiger partial charge in [-0.05, 0) is 43.4 Å². The Morgan fingerprint density at radius 2 is 2.14 bits per heavy atom. The van der Waals surface area contributed by atoms with Gasteiger partial charge >= 0.3 is 0 Å². The van der Waals surface area contributed by atoms with Gasteiger partial charge in [0.15, 0.2) is 0 Å². The summed E-state index contributed by atoms with van der Waals surface area (Å²) in [7, 11) is -3.66. The molecule has 0 spiro atoms. The molecule has 0 bridgehead atoms. The summed E-state index contributed by atoms with van der Waals surface area (Å²) in [6.07, 6.45) is 3.60. The number of rotatable bonds is 5. The van der Waals surface area contributed by atoms with Crippen LogP contribution in [0, 0.1) is 0 Å². The number of amides is 1. The van der Waals surface area contributed by atoms with Gasteiger partial charge in [-0.25, -0.2) is 13.1 Å². The van der Waals surface area contributed by atoms with E-state index in [1.165, 1.54) is 0 Å². The molecule has 1 amide bonds. The zero-order valence-electron chi connectivity index (χ0n) is 11.7. The average Bonchev–Trinajstić information content (AvgIpc) is 3.28. The second kappa shape index (κ2) is 5.65. The Hall–Kier alpha value is -1.60. The highest BCUT2D eigenvalue weighted by Crippen LogP contribution is 2.28. The van der Waals surface area contributed by atoms with Crippen LogP contribution in [0.4, 0.5) is 5.69 Å². The normalized spacial score (nSPS) is 17.7. The lowest BCUT2D eigenvalue weighted by atomic mass is 10.0. The van der Waals surface area contributed by atoms with Crippen molar-refractivity contribution in [1.29, 1.82) is 0 Å². The summed E-state index contributed by atoms with van der Waals surface area (Å²) in [4.78, 5) is 11.9. The van der Waals surface area contributed by atoms with Crippen molar-refractivity contribution in [2.75, 3.05) is 18.4 Å². The highest BCUT2D eigenvalue weighted by molar-refractivity contribution is 7.89. The van der Waals surface area contributed by atoms with Gasteiger partial charge in [0.05, 0.1) is 11.4 Å². The molecule has 1 aliphatic heterocycles. The SMILES string of the molecule is O=C(CNS(=O)(=O)c1cccc2c1CCCN2)NC1CC1. The summed E-state index contributed by atoms with van der Waals surface area (Å²) in [5, 5.41) is 5.96. The molecule has 2 aliphatic rings. The molecular formula is C14H19N3O3S. The van der Waals surface area contributed by atoms with Crippen LogP contribution < -0.4 is 15.4 Å². The molecule has 1 heterocycles. The molecule has 6 nitrogen and oxygen atoms in total. The molecule has 114 valence electrons. The summed E-state index contributed by atoms with van der Waals surface area (Å²) in [6.45, 7) is 0.643. The summed E-state index contributed by atoms with van der Waals surface area (Å²) in [5.41, 5.74) is 1.67. The van der Waals surface area contributed by atoms with Crippen molar-refractivity contribution in [3.63, 3.8) is 0 Å². The molecule has 1 aromatic carbocycles. The molecule has 0 unspecified atom stereocenters. The van der Waals surface area contributed by atoms with Crippen LogP contribution in [-0.2, 0) is 21.2 Å². The van der Waals surface area contributed by atoms with Crippen molar-refractivity contribution in [3.8, 4) is 0 Å². The number of hydrogen-bond donors (Lipinski definition) is 3. The summed E-state index contributed by atoms with van der Waals surface area (Å²) in [5.74, 6) is -0.274. The number of hydrogen-bond acceptors (Lipinski definition) is 4. The first-order valence-electron chi connectivity index (χ1n) is 7.21. The molecule has 0 aromatic heterocycles. The standard InChI is InChI=1S/C14H19N3O3S/c18-14(17-10-6-7-10)9-16-21(19,20)13-5-1-4-12-11(13)3-2-8-15-12/h1,4-5,10,15-16H,2-3,6-9H2,(H,17,18). The van der Waals surface area contributed by atoms with Gasteiger partial charge in [-0.1, -0.05) is 6.07 Å². The van der Waals surface area contributed by atoms with Gasteiger partial charge in [0.1, 0.15) is 0 Å². The van der Waals surface area contributed by atoms with Gasteiger partial charge in [-0.15, -0.1) is 0 Å². The third kappa shape index (κ3) is 3.36. The Bertz CT molecular complexity index is 653. The Labute approximate surface area is 124 Å². The zero-order valence-corrected chi connectivity index (χ0v) is 12.5. The van der Waals surface area contributed by atoms with E-state index in [9.17, 15) is 13.2 Å². The van der Waals surface area contributed by atoms with E-state index in [4.69, 9.17) is 0 Å². The topological polar surface area (TPSA) is 87.3 Å². The maximum Gasteiger partial charge on any atom is 0.241 e.